The number of nitrogens with two attached hydrogens (primary N) is 1. The third kappa shape index (κ3) is 4.78. The van der Waals surface area contributed by atoms with Gasteiger partial charge in [-0.1, -0.05) is 0 Å². The van der Waals surface area contributed by atoms with Crippen molar-refractivity contribution in [2.75, 3.05) is 26.2 Å². The van der Waals surface area contributed by atoms with Crippen LogP contribution in [0.4, 0.5) is 4.39 Å². The first-order valence-corrected chi connectivity index (χ1v) is 8.94. The first-order valence-electron chi connectivity index (χ1n) is 8.94. The number of likely N-dealkylation sites (tertiary alicyclic amines) is 1. The molecule has 2 aromatic rings. The smallest absolute Gasteiger partial charge is 0.231 e. The molecule has 0 aliphatic carbocycles. The maximum atomic E-state index is 13.2. The highest BCUT2D eigenvalue weighted by Gasteiger charge is 2.26. The van der Waals surface area contributed by atoms with Crippen molar-refractivity contribution in [3.05, 3.63) is 29.8 Å². The fourth-order valence-corrected chi connectivity index (χ4v) is 3.40. The average Bonchev–Trinajstić information content (AvgIpc) is 3.00. The number of fused-ring (bicyclic) bond motifs is 1. The Morgan fingerprint density at radius 2 is 2.27 bits per heavy atom. The lowest BCUT2D eigenvalue weighted by Crippen LogP contribution is -2.45. The van der Waals surface area contributed by atoms with Crippen LogP contribution in [0.15, 0.2) is 18.2 Å². The molecule has 0 bridgehead atoms. The van der Waals surface area contributed by atoms with Gasteiger partial charge < -0.3 is 16.0 Å². The molecule has 2 amide bonds. The number of benzene rings is 1. The molecule has 26 heavy (non-hydrogen) atoms. The molecule has 3 rings (SSSR count). The Bertz CT molecular complexity index is 791. The van der Waals surface area contributed by atoms with Crippen molar-refractivity contribution < 1.29 is 14.0 Å². The zero-order valence-electron chi connectivity index (χ0n) is 14.6. The van der Waals surface area contributed by atoms with Crippen LogP contribution in [-0.2, 0) is 16.0 Å². The number of halogens is 1. The predicted octanol–water partition coefficient (Wildman–Crippen LogP) is 0.948. The lowest BCUT2D eigenvalue weighted by Gasteiger charge is -2.30. The number of nitrogens with zero attached hydrogens (tertiary/aromatic N) is 2. The molecule has 1 aliphatic rings. The van der Waals surface area contributed by atoms with Gasteiger partial charge in [0.2, 0.25) is 11.8 Å². The Morgan fingerprint density at radius 3 is 3.08 bits per heavy atom. The summed E-state index contributed by atoms with van der Waals surface area (Å²) in [6.07, 6.45) is 3.14. The molecule has 0 unspecified atom stereocenters. The van der Waals surface area contributed by atoms with Gasteiger partial charge >= 0.3 is 0 Å². The quantitative estimate of drug-likeness (QED) is 0.639. The van der Waals surface area contributed by atoms with Crippen LogP contribution >= 0.6 is 0 Å². The Labute approximate surface area is 151 Å². The van der Waals surface area contributed by atoms with Gasteiger partial charge in [-0.2, -0.15) is 0 Å². The normalized spacial score (nSPS) is 18.1. The first kappa shape index (κ1) is 18.3. The summed E-state index contributed by atoms with van der Waals surface area (Å²) >= 11 is 0. The summed E-state index contributed by atoms with van der Waals surface area (Å²) in [6, 6.07) is 4.46. The molecule has 2 heterocycles. The molecule has 1 aromatic carbocycles. The number of aromatic nitrogens is 2. The molecular formula is C18H24FN5O2. The van der Waals surface area contributed by atoms with E-state index in [2.05, 4.69) is 15.3 Å². The van der Waals surface area contributed by atoms with Gasteiger partial charge in [0, 0.05) is 19.5 Å². The van der Waals surface area contributed by atoms with E-state index in [1.807, 2.05) is 4.90 Å². The molecule has 140 valence electrons. The molecule has 1 saturated heterocycles. The van der Waals surface area contributed by atoms with Crippen molar-refractivity contribution in [3.63, 3.8) is 0 Å². The van der Waals surface area contributed by atoms with Crippen LogP contribution in [0, 0.1) is 11.7 Å². The van der Waals surface area contributed by atoms with Crippen molar-refractivity contribution in [1.29, 1.82) is 0 Å². The van der Waals surface area contributed by atoms with E-state index in [1.54, 1.807) is 6.07 Å². The number of carbonyl (C=O) groups excluding carboxylic acids is 2. The van der Waals surface area contributed by atoms with Crippen molar-refractivity contribution in [2.24, 2.45) is 11.7 Å². The third-order valence-corrected chi connectivity index (χ3v) is 4.64. The highest BCUT2D eigenvalue weighted by atomic mass is 19.1. The van der Waals surface area contributed by atoms with Crippen LogP contribution in [0.5, 0.6) is 0 Å². The van der Waals surface area contributed by atoms with Crippen LogP contribution in [0.1, 0.15) is 25.1 Å². The summed E-state index contributed by atoms with van der Waals surface area (Å²) in [5, 5.41) is 2.96. The number of H-pyrrole nitrogens is 1. The second-order valence-electron chi connectivity index (χ2n) is 6.78. The number of hydrogen-bond donors (Lipinski definition) is 3. The number of hydrogen-bond acceptors (Lipinski definition) is 4. The highest BCUT2D eigenvalue weighted by molar-refractivity contribution is 5.79. The number of primary amides is 1. The summed E-state index contributed by atoms with van der Waals surface area (Å²) < 4.78 is 13.2. The Kier molecular flexibility index (Phi) is 5.82. The maximum Gasteiger partial charge on any atom is 0.231 e. The molecule has 1 aliphatic heterocycles. The molecule has 1 aromatic heterocycles. The number of amides is 2. The van der Waals surface area contributed by atoms with Crippen LogP contribution in [0.2, 0.25) is 0 Å². The third-order valence-electron chi connectivity index (χ3n) is 4.64. The SMILES string of the molecule is NC(=O)CN1CCC[C@H](C(=O)NCCCc2nc3ccc(F)cc3[nH]2)C1. The van der Waals surface area contributed by atoms with Crippen molar-refractivity contribution >= 4 is 22.8 Å². The number of nitrogens with one attached hydrogen (secondary N) is 2. The number of rotatable bonds is 7. The van der Waals surface area contributed by atoms with Crippen LogP contribution in [0.3, 0.4) is 0 Å². The fraction of sp³-hybridized carbons (Fsp3) is 0.500. The molecule has 0 saturated carbocycles. The molecule has 0 spiro atoms. The van der Waals surface area contributed by atoms with Crippen LogP contribution in [-0.4, -0.2) is 52.9 Å². The largest absolute Gasteiger partial charge is 0.369 e. The van der Waals surface area contributed by atoms with Gasteiger partial charge in [0.25, 0.3) is 0 Å². The minimum Gasteiger partial charge on any atom is -0.369 e. The number of aromatic amines is 1. The van der Waals surface area contributed by atoms with E-state index in [4.69, 9.17) is 5.73 Å². The Balaban J connectivity index is 1.42. The standard InChI is InChI=1S/C18H24FN5O2/c19-13-5-6-14-15(9-13)23-17(22-14)4-1-7-21-18(26)12-3-2-8-24(10-12)11-16(20)25/h5-6,9,12H,1-4,7-8,10-11H2,(H2,20,25)(H,21,26)(H,22,23)/t12-/m0/s1. The molecule has 1 atom stereocenters. The van der Waals surface area contributed by atoms with Gasteiger partial charge in [0.15, 0.2) is 0 Å². The van der Waals surface area contributed by atoms with E-state index in [0.717, 1.165) is 37.1 Å². The van der Waals surface area contributed by atoms with Crippen LogP contribution in [0.25, 0.3) is 11.0 Å². The van der Waals surface area contributed by atoms with Crippen molar-refractivity contribution in [3.8, 4) is 0 Å². The molecule has 4 N–H and O–H groups in total. The molecule has 7 nitrogen and oxygen atoms in total. The minimum atomic E-state index is -0.364. The average molecular weight is 361 g/mol. The summed E-state index contributed by atoms with van der Waals surface area (Å²) in [5.74, 6) is 0.0443. The first-order chi connectivity index (χ1) is 12.5. The van der Waals surface area contributed by atoms with E-state index >= 15 is 0 Å². The topological polar surface area (TPSA) is 104 Å². The summed E-state index contributed by atoms with van der Waals surface area (Å²) in [4.78, 5) is 32.8. The second-order valence-corrected chi connectivity index (χ2v) is 6.78. The van der Waals surface area contributed by atoms with Gasteiger partial charge in [-0.15, -0.1) is 0 Å². The summed E-state index contributed by atoms with van der Waals surface area (Å²) in [6.45, 7) is 2.14. The van der Waals surface area contributed by atoms with Gasteiger partial charge in [0.05, 0.1) is 23.5 Å². The zero-order chi connectivity index (χ0) is 18.5. The Hall–Kier alpha value is -2.48. The number of aryl methyl sites for hydroxylation is 1. The summed E-state index contributed by atoms with van der Waals surface area (Å²) in [5.41, 5.74) is 6.64. The molecule has 0 radical (unpaired) electrons. The number of piperidine rings is 1. The highest BCUT2D eigenvalue weighted by Crippen LogP contribution is 2.16. The monoisotopic (exact) mass is 361 g/mol. The van der Waals surface area contributed by atoms with E-state index in [0.29, 0.717) is 25.0 Å². The summed E-state index contributed by atoms with van der Waals surface area (Å²) in [7, 11) is 0. The lowest BCUT2D eigenvalue weighted by atomic mass is 9.97. The van der Waals surface area contributed by atoms with E-state index in [9.17, 15) is 14.0 Å². The molecule has 8 heteroatoms. The zero-order valence-corrected chi connectivity index (χ0v) is 14.6. The minimum absolute atomic E-state index is 0.0193. The van der Waals surface area contributed by atoms with Gasteiger partial charge in [-0.05, 0) is 44.0 Å². The maximum absolute atomic E-state index is 13.2. The number of imidazole rings is 1. The molecule has 1 fully saturated rings. The van der Waals surface area contributed by atoms with Gasteiger partial charge in [-0.25, -0.2) is 9.37 Å². The molecular weight excluding hydrogens is 337 g/mol. The second kappa shape index (κ2) is 8.27. The van der Waals surface area contributed by atoms with Crippen molar-refractivity contribution in [1.82, 2.24) is 20.2 Å². The predicted molar refractivity (Wildman–Crippen MR) is 95.7 cm³/mol. The lowest BCUT2D eigenvalue weighted by molar-refractivity contribution is -0.128. The van der Waals surface area contributed by atoms with E-state index < -0.39 is 0 Å². The number of carbonyl (C=O) groups is 2. The van der Waals surface area contributed by atoms with Gasteiger partial charge in [0.1, 0.15) is 11.6 Å². The Morgan fingerprint density at radius 1 is 1.42 bits per heavy atom. The van der Waals surface area contributed by atoms with E-state index in [1.165, 1.54) is 12.1 Å². The fourth-order valence-electron chi connectivity index (χ4n) is 3.40. The van der Waals surface area contributed by atoms with Crippen molar-refractivity contribution in [2.45, 2.75) is 25.7 Å². The van der Waals surface area contributed by atoms with E-state index in [-0.39, 0.29) is 30.1 Å². The van der Waals surface area contributed by atoms with Crippen LogP contribution < -0.4 is 11.1 Å². The van der Waals surface area contributed by atoms with Gasteiger partial charge in [-0.3, -0.25) is 14.5 Å².